The number of carbonyl (C=O) groups is 1. The molecule has 108 valence electrons. The lowest BCUT2D eigenvalue weighted by Crippen LogP contribution is -2.63. The van der Waals surface area contributed by atoms with Crippen molar-refractivity contribution in [3.05, 3.63) is 0 Å². The standard InChI is InChI=1S/C16H28N2O/c1-13(2)17-9-7-16(8-10-17)11-18(12-16)15(19)14-5-3-4-6-14/h13-14H,3-12H2,1-2H3. The molecular weight excluding hydrogens is 236 g/mol. The molecule has 2 aliphatic heterocycles. The summed E-state index contributed by atoms with van der Waals surface area (Å²) in [4.78, 5) is 17.1. The van der Waals surface area contributed by atoms with E-state index in [0.29, 0.717) is 23.3 Å². The maximum atomic E-state index is 12.3. The Morgan fingerprint density at radius 2 is 1.68 bits per heavy atom. The van der Waals surface area contributed by atoms with Crippen LogP contribution in [0, 0.1) is 11.3 Å². The van der Waals surface area contributed by atoms with E-state index < -0.39 is 0 Å². The molecule has 2 heterocycles. The number of hydrogen-bond acceptors (Lipinski definition) is 2. The number of amides is 1. The molecule has 0 aromatic heterocycles. The fourth-order valence-electron chi connectivity index (χ4n) is 4.18. The van der Waals surface area contributed by atoms with Gasteiger partial charge in [0.05, 0.1) is 0 Å². The second-order valence-electron chi connectivity index (χ2n) is 7.31. The van der Waals surface area contributed by atoms with Crippen LogP contribution in [0.5, 0.6) is 0 Å². The number of likely N-dealkylation sites (tertiary alicyclic amines) is 2. The van der Waals surface area contributed by atoms with Gasteiger partial charge in [0.1, 0.15) is 0 Å². The average molecular weight is 264 g/mol. The van der Waals surface area contributed by atoms with Gasteiger partial charge < -0.3 is 9.80 Å². The van der Waals surface area contributed by atoms with Crippen molar-refractivity contribution in [2.24, 2.45) is 11.3 Å². The Kier molecular flexibility index (Phi) is 3.59. The molecule has 19 heavy (non-hydrogen) atoms. The van der Waals surface area contributed by atoms with Crippen molar-refractivity contribution in [1.29, 1.82) is 0 Å². The van der Waals surface area contributed by atoms with Gasteiger partial charge in [0.25, 0.3) is 0 Å². The normalized spacial score (nSPS) is 28.1. The first-order valence-corrected chi connectivity index (χ1v) is 8.12. The fraction of sp³-hybridized carbons (Fsp3) is 0.938. The van der Waals surface area contributed by atoms with Gasteiger partial charge in [0.2, 0.25) is 5.91 Å². The Morgan fingerprint density at radius 1 is 1.11 bits per heavy atom. The first-order valence-electron chi connectivity index (χ1n) is 8.12. The summed E-state index contributed by atoms with van der Waals surface area (Å²) in [6, 6.07) is 0.675. The largest absolute Gasteiger partial charge is 0.341 e. The second kappa shape index (κ2) is 5.08. The summed E-state index contributed by atoms with van der Waals surface area (Å²) < 4.78 is 0. The molecule has 0 bridgehead atoms. The minimum atomic E-state index is 0.369. The predicted molar refractivity (Wildman–Crippen MR) is 76.9 cm³/mol. The average Bonchev–Trinajstić information content (AvgIpc) is 2.89. The topological polar surface area (TPSA) is 23.6 Å². The number of piperidine rings is 1. The van der Waals surface area contributed by atoms with E-state index in [4.69, 9.17) is 0 Å². The zero-order chi connectivity index (χ0) is 13.5. The van der Waals surface area contributed by atoms with Gasteiger partial charge in [-0.15, -0.1) is 0 Å². The van der Waals surface area contributed by atoms with Crippen LogP contribution in [0.3, 0.4) is 0 Å². The van der Waals surface area contributed by atoms with Crippen molar-refractivity contribution in [1.82, 2.24) is 9.80 Å². The number of nitrogens with zero attached hydrogens (tertiary/aromatic N) is 2. The lowest BCUT2D eigenvalue weighted by molar-refractivity contribution is -0.151. The first kappa shape index (κ1) is 13.4. The Balaban J connectivity index is 1.48. The summed E-state index contributed by atoms with van der Waals surface area (Å²) in [7, 11) is 0. The van der Waals surface area contributed by atoms with Gasteiger partial charge in [-0.1, -0.05) is 12.8 Å². The Morgan fingerprint density at radius 3 is 2.21 bits per heavy atom. The molecule has 1 amide bonds. The van der Waals surface area contributed by atoms with Crippen LogP contribution in [-0.4, -0.2) is 47.9 Å². The van der Waals surface area contributed by atoms with Gasteiger partial charge in [-0.25, -0.2) is 0 Å². The van der Waals surface area contributed by atoms with Crippen LogP contribution in [0.15, 0.2) is 0 Å². The molecule has 1 saturated carbocycles. The maximum absolute atomic E-state index is 12.3. The van der Waals surface area contributed by atoms with Crippen molar-refractivity contribution in [3.63, 3.8) is 0 Å². The lowest BCUT2D eigenvalue weighted by atomic mass is 9.71. The Bertz CT molecular complexity index is 331. The van der Waals surface area contributed by atoms with E-state index in [2.05, 4.69) is 23.6 Å². The van der Waals surface area contributed by atoms with Crippen molar-refractivity contribution in [3.8, 4) is 0 Å². The molecule has 0 N–H and O–H groups in total. The van der Waals surface area contributed by atoms with E-state index in [-0.39, 0.29) is 0 Å². The first-order chi connectivity index (χ1) is 9.10. The van der Waals surface area contributed by atoms with Crippen LogP contribution in [0.1, 0.15) is 52.4 Å². The molecular formula is C16H28N2O. The molecule has 0 aromatic rings. The smallest absolute Gasteiger partial charge is 0.225 e. The van der Waals surface area contributed by atoms with Gasteiger partial charge in [0, 0.05) is 30.5 Å². The minimum absolute atomic E-state index is 0.369. The molecule has 3 heteroatoms. The summed E-state index contributed by atoms with van der Waals surface area (Å²) in [6.45, 7) is 9.12. The summed E-state index contributed by atoms with van der Waals surface area (Å²) >= 11 is 0. The monoisotopic (exact) mass is 264 g/mol. The van der Waals surface area contributed by atoms with Crippen molar-refractivity contribution < 1.29 is 4.79 Å². The van der Waals surface area contributed by atoms with E-state index in [9.17, 15) is 4.79 Å². The van der Waals surface area contributed by atoms with Crippen LogP contribution >= 0.6 is 0 Å². The zero-order valence-corrected chi connectivity index (χ0v) is 12.5. The highest BCUT2D eigenvalue weighted by Gasteiger charge is 2.47. The van der Waals surface area contributed by atoms with E-state index in [1.54, 1.807) is 0 Å². The SMILES string of the molecule is CC(C)N1CCC2(CC1)CN(C(=O)C1CCCC1)C2. The van der Waals surface area contributed by atoms with Crippen molar-refractivity contribution >= 4 is 5.91 Å². The number of hydrogen-bond donors (Lipinski definition) is 0. The summed E-state index contributed by atoms with van der Waals surface area (Å²) in [5, 5.41) is 0. The predicted octanol–water partition coefficient (Wildman–Crippen LogP) is 2.51. The third kappa shape index (κ3) is 2.54. The molecule has 3 rings (SSSR count). The number of rotatable bonds is 2. The molecule has 0 unspecified atom stereocenters. The zero-order valence-electron chi connectivity index (χ0n) is 12.5. The molecule has 1 spiro atoms. The highest BCUT2D eigenvalue weighted by Crippen LogP contribution is 2.42. The lowest BCUT2D eigenvalue weighted by Gasteiger charge is -2.55. The summed E-state index contributed by atoms with van der Waals surface area (Å²) in [5.41, 5.74) is 0.486. The third-order valence-electron chi connectivity index (χ3n) is 5.66. The molecule has 2 saturated heterocycles. The Labute approximate surface area is 117 Å². The molecule has 0 aromatic carbocycles. The van der Waals surface area contributed by atoms with Crippen LogP contribution in [0.4, 0.5) is 0 Å². The summed E-state index contributed by atoms with van der Waals surface area (Å²) in [5.74, 6) is 0.836. The molecule has 3 nitrogen and oxygen atoms in total. The van der Waals surface area contributed by atoms with E-state index in [1.165, 1.54) is 38.8 Å². The van der Waals surface area contributed by atoms with E-state index >= 15 is 0 Å². The van der Waals surface area contributed by atoms with Gasteiger partial charge in [-0.2, -0.15) is 0 Å². The second-order valence-corrected chi connectivity index (χ2v) is 7.31. The van der Waals surface area contributed by atoms with Gasteiger partial charge in [-0.3, -0.25) is 4.79 Å². The molecule has 1 aliphatic carbocycles. The van der Waals surface area contributed by atoms with Crippen LogP contribution < -0.4 is 0 Å². The maximum Gasteiger partial charge on any atom is 0.225 e. The number of carbonyl (C=O) groups excluding carboxylic acids is 1. The Hall–Kier alpha value is -0.570. The molecule has 0 atom stereocenters. The fourth-order valence-corrected chi connectivity index (χ4v) is 4.18. The summed E-state index contributed by atoms with van der Waals surface area (Å²) in [6.07, 6.45) is 7.39. The van der Waals surface area contributed by atoms with Crippen LogP contribution in [-0.2, 0) is 4.79 Å². The van der Waals surface area contributed by atoms with Crippen molar-refractivity contribution in [2.45, 2.75) is 58.4 Å². The van der Waals surface area contributed by atoms with Crippen LogP contribution in [0.25, 0.3) is 0 Å². The van der Waals surface area contributed by atoms with Gasteiger partial charge in [0.15, 0.2) is 0 Å². The van der Waals surface area contributed by atoms with Gasteiger partial charge >= 0.3 is 0 Å². The third-order valence-corrected chi connectivity index (χ3v) is 5.66. The van der Waals surface area contributed by atoms with E-state index in [0.717, 1.165) is 25.9 Å². The van der Waals surface area contributed by atoms with Gasteiger partial charge in [-0.05, 0) is 52.6 Å². The highest BCUT2D eigenvalue weighted by molar-refractivity contribution is 5.80. The quantitative estimate of drug-likeness (QED) is 0.765. The van der Waals surface area contributed by atoms with Crippen molar-refractivity contribution in [2.75, 3.05) is 26.2 Å². The highest BCUT2D eigenvalue weighted by atomic mass is 16.2. The molecule has 3 fully saturated rings. The molecule has 0 radical (unpaired) electrons. The molecule has 3 aliphatic rings. The van der Waals surface area contributed by atoms with E-state index in [1.807, 2.05) is 0 Å². The van der Waals surface area contributed by atoms with Crippen LogP contribution in [0.2, 0.25) is 0 Å². The minimum Gasteiger partial charge on any atom is -0.341 e.